The summed E-state index contributed by atoms with van der Waals surface area (Å²) in [6.07, 6.45) is 3.89. The summed E-state index contributed by atoms with van der Waals surface area (Å²) in [7, 11) is -0.706. The fourth-order valence-electron chi connectivity index (χ4n) is 5.66. The molecule has 6 rings (SSSR count). The van der Waals surface area contributed by atoms with Gasteiger partial charge in [0.25, 0.3) is 29.5 Å². The molecule has 12 nitrogen and oxygen atoms in total. The summed E-state index contributed by atoms with van der Waals surface area (Å²) in [6, 6.07) is 15.0. The SMILES string of the molecule is CB(O)NCCCN1C(=O)c2ccc3c4c(ccc(c24)C1=O)C(=O)N(CCCNC(=O)c1ccc(-c2ccccn2)nc1)C3=O. The van der Waals surface area contributed by atoms with E-state index in [2.05, 4.69) is 20.5 Å². The Morgan fingerprint density at radius 3 is 1.73 bits per heavy atom. The van der Waals surface area contributed by atoms with E-state index in [0.29, 0.717) is 47.1 Å². The van der Waals surface area contributed by atoms with Gasteiger partial charge in [-0.3, -0.25) is 43.7 Å². The second kappa shape index (κ2) is 12.4. The maximum Gasteiger partial charge on any atom is 0.373 e. The second-order valence-corrected chi connectivity index (χ2v) is 10.8. The molecule has 13 heteroatoms. The van der Waals surface area contributed by atoms with Crippen molar-refractivity contribution < 1.29 is 29.0 Å². The van der Waals surface area contributed by atoms with E-state index in [0.717, 1.165) is 9.80 Å². The number of pyridine rings is 2. The minimum Gasteiger partial charge on any atom is -0.437 e. The molecule has 4 aromatic rings. The van der Waals surface area contributed by atoms with Crippen molar-refractivity contribution in [3.8, 4) is 11.4 Å². The van der Waals surface area contributed by atoms with Gasteiger partial charge in [-0.1, -0.05) is 6.07 Å². The molecular formula is C32H29BN6O6. The molecule has 0 radical (unpaired) electrons. The van der Waals surface area contributed by atoms with Crippen LogP contribution in [0.2, 0.25) is 6.82 Å². The van der Waals surface area contributed by atoms with Gasteiger partial charge >= 0.3 is 7.05 Å². The minimum atomic E-state index is -0.706. The molecule has 226 valence electrons. The van der Waals surface area contributed by atoms with Crippen LogP contribution < -0.4 is 10.5 Å². The van der Waals surface area contributed by atoms with Crippen LogP contribution in [0, 0.1) is 0 Å². The van der Waals surface area contributed by atoms with E-state index < -0.39 is 30.7 Å². The van der Waals surface area contributed by atoms with Gasteiger partial charge in [0.15, 0.2) is 0 Å². The first-order chi connectivity index (χ1) is 21.8. The normalized spacial score (nSPS) is 13.9. The molecule has 3 N–H and O–H groups in total. The number of nitrogens with one attached hydrogen (secondary N) is 2. The zero-order valence-electron chi connectivity index (χ0n) is 24.4. The lowest BCUT2D eigenvalue weighted by Gasteiger charge is -2.32. The van der Waals surface area contributed by atoms with Crippen molar-refractivity contribution in [1.82, 2.24) is 30.3 Å². The molecule has 0 atom stereocenters. The summed E-state index contributed by atoms with van der Waals surface area (Å²) in [5.74, 6) is -2.37. The quantitative estimate of drug-likeness (QED) is 0.133. The lowest BCUT2D eigenvalue weighted by Crippen LogP contribution is -2.44. The molecular weight excluding hydrogens is 575 g/mol. The third kappa shape index (κ3) is 5.59. The van der Waals surface area contributed by atoms with Crippen LogP contribution in [0.4, 0.5) is 0 Å². The topological polar surface area (TPSA) is 162 Å². The highest BCUT2D eigenvalue weighted by molar-refractivity contribution is 6.45. The molecule has 0 saturated carbocycles. The highest BCUT2D eigenvalue weighted by atomic mass is 16.2. The Kier molecular flexibility index (Phi) is 8.20. The molecule has 0 spiro atoms. The summed E-state index contributed by atoms with van der Waals surface area (Å²) in [6.45, 7) is 2.42. The Labute approximate surface area is 258 Å². The van der Waals surface area contributed by atoms with Crippen LogP contribution in [-0.4, -0.2) is 87.6 Å². The van der Waals surface area contributed by atoms with Crippen LogP contribution >= 0.6 is 0 Å². The predicted molar refractivity (Wildman–Crippen MR) is 166 cm³/mol. The summed E-state index contributed by atoms with van der Waals surface area (Å²) >= 11 is 0. The Morgan fingerprint density at radius 2 is 1.27 bits per heavy atom. The molecule has 0 aliphatic carbocycles. The summed E-state index contributed by atoms with van der Waals surface area (Å²) in [4.78, 5) is 77.1. The lowest BCUT2D eigenvalue weighted by atomic mass is 9.86. The van der Waals surface area contributed by atoms with Gasteiger partial charge in [-0.15, -0.1) is 0 Å². The van der Waals surface area contributed by atoms with Crippen molar-refractivity contribution in [2.75, 3.05) is 26.2 Å². The molecule has 0 saturated heterocycles. The number of nitrogens with zero attached hydrogens (tertiary/aromatic N) is 4. The minimum absolute atomic E-state index is 0.0609. The monoisotopic (exact) mass is 604 g/mol. The molecule has 5 amide bonds. The Morgan fingerprint density at radius 1 is 0.733 bits per heavy atom. The van der Waals surface area contributed by atoms with E-state index in [1.54, 1.807) is 25.2 Å². The van der Waals surface area contributed by atoms with Crippen LogP contribution in [0.3, 0.4) is 0 Å². The molecule has 4 heterocycles. The number of aromatic nitrogens is 2. The molecule has 0 bridgehead atoms. The standard InChI is InChI=1S/C32H29BN6O6/c1-33(45)37-15-5-17-39-31(43)22-10-8-20-26-21(9-11-23(27(22)26)32(39)44)30(42)38(29(20)41)16-4-14-35-28(40)19-7-12-25(36-18-19)24-6-2-3-13-34-24/h2-3,6-13,18,37,45H,4-5,14-17H2,1H3,(H,35,40). The highest BCUT2D eigenvalue weighted by Gasteiger charge is 2.39. The number of benzene rings is 2. The largest absolute Gasteiger partial charge is 0.437 e. The van der Waals surface area contributed by atoms with E-state index in [-0.39, 0.29) is 47.8 Å². The van der Waals surface area contributed by atoms with Gasteiger partial charge < -0.3 is 15.6 Å². The average Bonchev–Trinajstić information content (AvgIpc) is 3.05. The van der Waals surface area contributed by atoms with Crippen LogP contribution in [0.1, 0.15) is 64.6 Å². The lowest BCUT2D eigenvalue weighted by molar-refractivity contribution is 0.0587. The Hall–Kier alpha value is -5.27. The van der Waals surface area contributed by atoms with Crippen LogP contribution in [0.5, 0.6) is 0 Å². The smallest absolute Gasteiger partial charge is 0.373 e. The van der Waals surface area contributed by atoms with Gasteiger partial charge in [-0.25, -0.2) is 0 Å². The first-order valence-corrected chi connectivity index (χ1v) is 14.7. The van der Waals surface area contributed by atoms with Gasteiger partial charge in [0.2, 0.25) is 0 Å². The molecule has 2 aliphatic rings. The maximum absolute atomic E-state index is 13.5. The number of carbonyl (C=O) groups is 5. The van der Waals surface area contributed by atoms with Gasteiger partial charge in [-0.05, 0) is 74.7 Å². The molecule has 0 fully saturated rings. The first-order valence-electron chi connectivity index (χ1n) is 14.7. The second-order valence-electron chi connectivity index (χ2n) is 10.8. The third-order valence-electron chi connectivity index (χ3n) is 7.86. The zero-order chi connectivity index (χ0) is 31.7. The first kappa shape index (κ1) is 29.8. The fraction of sp³-hybridized carbons (Fsp3) is 0.219. The molecule has 2 aliphatic heterocycles. The van der Waals surface area contributed by atoms with E-state index in [1.165, 1.54) is 30.5 Å². The molecule has 45 heavy (non-hydrogen) atoms. The zero-order valence-corrected chi connectivity index (χ0v) is 24.4. The van der Waals surface area contributed by atoms with E-state index in [4.69, 9.17) is 0 Å². The van der Waals surface area contributed by atoms with Gasteiger partial charge in [0.05, 0.1) is 17.0 Å². The van der Waals surface area contributed by atoms with Gasteiger partial charge in [0.1, 0.15) is 0 Å². The third-order valence-corrected chi connectivity index (χ3v) is 7.86. The molecule has 0 unspecified atom stereocenters. The summed E-state index contributed by atoms with van der Waals surface area (Å²) < 4.78 is 0. The Bertz CT molecular complexity index is 1780. The van der Waals surface area contributed by atoms with Crippen LogP contribution in [-0.2, 0) is 0 Å². The number of carbonyl (C=O) groups excluding carboxylic acids is 5. The number of hydrogen-bond donors (Lipinski definition) is 3. The van der Waals surface area contributed by atoms with Crippen molar-refractivity contribution >= 4 is 47.4 Å². The van der Waals surface area contributed by atoms with Crippen molar-refractivity contribution in [2.45, 2.75) is 19.7 Å². The Balaban J connectivity index is 1.12. The molecule has 2 aromatic heterocycles. The van der Waals surface area contributed by atoms with Crippen molar-refractivity contribution in [1.29, 1.82) is 0 Å². The van der Waals surface area contributed by atoms with E-state index in [1.807, 2.05) is 18.2 Å². The van der Waals surface area contributed by atoms with Crippen molar-refractivity contribution in [3.05, 3.63) is 94.8 Å². The number of imide groups is 2. The summed E-state index contributed by atoms with van der Waals surface area (Å²) in [5.41, 5.74) is 2.70. The van der Waals surface area contributed by atoms with Gasteiger partial charge in [-0.2, -0.15) is 0 Å². The molecule has 2 aromatic carbocycles. The van der Waals surface area contributed by atoms with E-state index in [9.17, 15) is 29.0 Å². The van der Waals surface area contributed by atoms with Crippen molar-refractivity contribution in [2.24, 2.45) is 0 Å². The average molecular weight is 604 g/mol. The maximum atomic E-state index is 13.5. The predicted octanol–water partition coefficient (Wildman–Crippen LogP) is 2.40. The highest BCUT2D eigenvalue weighted by Crippen LogP contribution is 2.37. The van der Waals surface area contributed by atoms with Crippen LogP contribution in [0.15, 0.2) is 67.0 Å². The number of hydrogen-bond acceptors (Lipinski definition) is 9. The number of amides is 5. The van der Waals surface area contributed by atoms with E-state index >= 15 is 0 Å². The van der Waals surface area contributed by atoms with Gasteiger partial charge in [0, 0.05) is 65.1 Å². The summed E-state index contributed by atoms with van der Waals surface area (Å²) in [5, 5.41) is 15.6. The van der Waals surface area contributed by atoms with Crippen molar-refractivity contribution in [3.63, 3.8) is 0 Å². The number of rotatable bonds is 11. The fourth-order valence-corrected chi connectivity index (χ4v) is 5.66. The van der Waals surface area contributed by atoms with Crippen LogP contribution in [0.25, 0.3) is 22.2 Å².